The monoisotopic (exact) mass is 323 g/mol. The lowest BCUT2D eigenvalue weighted by Gasteiger charge is -2.13. The summed E-state index contributed by atoms with van der Waals surface area (Å²) in [5.74, 6) is -1.45. The molecule has 0 fully saturated rings. The van der Waals surface area contributed by atoms with Gasteiger partial charge in [-0.3, -0.25) is 14.2 Å². The van der Waals surface area contributed by atoms with Gasteiger partial charge in [0.1, 0.15) is 11.6 Å². The number of hydrogen-bond donors (Lipinski definition) is 1. The van der Waals surface area contributed by atoms with Crippen molar-refractivity contribution >= 4 is 23.4 Å². The van der Waals surface area contributed by atoms with Crippen molar-refractivity contribution in [3.05, 3.63) is 52.5 Å². The number of nitrogens with one attached hydrogen (secondary N) is 1. The summed E-state index contributed by atoms with van der Waals surface area (Å²) in [6.45, 7) is 0. The van der Waals surface area contributed by atoms with Gasteiger partial charge in [-0.05, 0) is 12.1 Å². The van der Waals surface area contributed by atoms with Gasteiger partial charge in [-0.25, -0.2) is 13.8 Å². The molecule has 1 amide bonds. The number of anilines is 1. The second-order valence-corrected chi connectivity index (χ2v) is 5.76. The van der Waals surface area contributed by atoms with Crippen LogP contribution in [-0.2, 0) is 4.79 Å². The molecule has 1 aliphatic rings. The molecule has 0 aliphatic carbocycles. The molecule has 1 atom stereocenters. The lowest BCUT2D eigenvalue weighted by molar-refractivity contribution is -0.116. The van der Waals surface area contributed by atoms with Crippen molar-refractivity contribution in [2.24, 2.45) is 0 Å². The Kier molecular flexibility index (Phi) is 3.93. The Morgan fingerprint density at radius 3 is 3.00 bits per heavy atom. The van der Waals surface area contributed by atoms with E-state index in [-0.39, 0.29) is 23.7 Å². The molecule has 1 unspecified atom stereocenters. The molecule has 3 rings (SSSR count). The van der Waals surface area contributed by atoms with Crippen LogP contribution in [0.1, 0.15) is 12.5 Å². The molecule has 8 heteroatoms. The van der Waals surface area contributed by atoms with Gasteiger partial charge >= 0.3 is 0 Å². The second kappa shape index (κ2) is 5.88. The van der Waals surface area contributed by atoms with Crippen LogP contribution in [0.25, 0.3) is 0 Å². The lowest BCUT2D eigenvalue weighted by Crippen LogP contribution is -2.27. The number of hydrogen-bond acceptors (Lipinski definition) is 4. The van der Waals surface area contributed by atoms with Crippen LogP contribution in [0.5, 0.6) is 0 Å². The Hall–Kier alpha value is -2.22. The Labute approximate surface area is 128 Å². The summed E-state index contributed by atoms with van der Waals surface area (Å²) in [6.07, 6.45) is 1.44. The van der Waals surface area contributed by atoms with Crippen molar-refractivity contribution in [2.75, 3.05) is 11.1 Å². The zero-order valence-electron chi connectivity index (χ0n) is 11.3. The maximum atomic E-state index is 13.5. The minimum absolute atomic E-state index is 0.0163. The van der Waals surface area contributed by atoms with Crippen molar-refractivity contribution in [2.45, 2.75) is 17.6 Å². The SMILES string of the molecule is O=C(CC1CSc2nccc(=O)n21)Nc1ccc(F)cc1F. The maximum absolute atomic E-state index is 13.5. The molecule has 114 valence electrons. The molecule has 1 aromatic heterocycles. The van der Waals surface area contributed by atoms with E-state index in [0.29, 0.717) is 17.0 Å². The smallest absolute Gasteiger partial charge is 0.254 e. The number of carbonyl (C=O) groups excluding carboxylic acids is 1. The molecule has 0 spiro atoms. The normalized spacial score (nSPS) is 16.4. The highest BCUT2D eigenvalue weighted by Crippen LogP contribution is 2.31. The fourth-order valence-electron chi connectivity index (χ4n) is 2.25. The van der Waals surface area contributed by atoms with Crippen LogP contribution in [0.3, 0.4) is 0 Å². The number of thioether (sulfide) groups is 1. The summed E-state index contributed by atoms with van der Waals surface area (Å²) in [4.78, 5) is 27.9. The van der Waals surface area contributed by atoms with E-state index in [9.17, 15) is 18.4 Å². The molecule has 1 aromatic carbocycles. The number of carbonyl (C=O) groups is 1. The third-order valence-corrected chi connectivity index (χ3v) is 4.35. The molecular weight excluding hydrogens is 312 g/mol. The number of nitrogens with zero attached hydrogens (tertiary/aromatic N) is 2. The Morgan fingerprint density at radius 1 is 1.41 bits per heavy atom. The predicted molar refractivity (Wildman–Crippen MR) is 77.9 cm³/mol. The summed E-state index contributed by atoms with van der Waals surface area (Å²) in [5.41, 5.74) is -0.309. The summed E-state index contributed by atoms with van der Waals surface area (Å²) in [6, 6.07) is 3.93. The van der Waals surface area contributed by atoms with Crippen molar-refractivity contribution in [3.63, 3.8) is 0 Å². The first-order valence-corrected chi connectivity index (χ1v) is 7.48. The van der Waals surface area contributed by atoms with Crippen molar-refractivity contribution in [1.82, 2.24) is 9.55 Å². The van der Waals surface area contributed by atoms with Crippen LogP contribution in [0, 0.1) is 11.6 Å². The van der Waals surface area contributed by atoms with Crippen molar-refractivity contribution in [1.29, 1.82) is 0 Å². The molecule has 0 bridgehead atoms. The van der Waals surface area contributed by atoms with Gasteiger partial charge in [0.05, 0.1) is 11.7 Å². The number of amides is 1. The van der Waals surface area contributed by atoms with Crippen LogP contribution in [0.2, 0.25) is 0 Å². The first-order valence-electron chi connectivity index (χ1n) is 6.50. The van der Waals surface area contributed by atoms with Crippen molar-refractivity contribution < 1.29 is 13.6 Å². The average molecular weight is 323 g/mol. The molecule has 0 radical (unpaired) electrons. The Morgan fingerprint density at radius 2 is 2.23 bits per heavy atom. The largest absolute Gasteiger partial charge is 0.324 e. The standard InChI is InChI=1S/C14H11F2N3O2S/c15-8-1-2-11(10(16)5-8)18-12(20)6-9-7-22-14-17-4-3-13(21)19(9)14/h1-5,9H,6-7H2,(H,18,20). The molecule has 2 heterocycles. The Bertz CT molecular complexity index is 794. The number of rotatable bonds is 3. The van der Waals surface area contributed by atoms with Crippen LogP contribution in [-0.4, -0.2) is 21.2 Å². The zero-order chi connectivity index (χ0) is 15.7. The highest BCUT2D eigenvalue weighted by atomic mass is 32.2. The van der Waals surface area contributed by atoms with E-state index in [4.69, 9.17) is 0 Å². The molecule has 5 nitrogen and oxygen atoms in total. The fourth-order valence-corrected chi connectivity index (χ4v) is 3.37. The summed E-state index contributed by atoms with van der Waals surface area (Å²) < 4.78 is 27.8. The number of aromatic nitrogens is 2. The number of halogens is 2. The van der Waals surface area contributed by atoms with Gasteiger partial charge < -0.3 is 5.32 Å². The third-order valence-electron chi connectivity index (χ3n) is 3.24. The van der Waals surface area contributed by atoms with Gasteiger partial charge in [0.2, 0.25) is 5.91 Å². The van der Waals surface area contributed by atoms with E-state index in [1.54, 1.807) is 0 Å². The molecular formula is C14H11F2N3O2S. The van der Waals surface area contributed by atoms with Gasteiger partial charge in [0.25, 0.3) is 5.56 Å². The van der Waals surface area contributed by atoms with Gasteiger partial charge in [-0.1, -0.05) is 11.8 Å². The van der Waals surface area contributed by atoms with Gasteiger partial charge in [0.15, 0.2) is 5.16 Å². The summed E-state index contributed by atoms with van der Waals surface area (Å²) >= 11 is 1.39. The van der Waals surface area contributed by atoms with E-state index < -0.39 is 17.5 Å². The first kappa shape index (κ1) is 14.7. The summed E-state index contributed by atoms with van der Waals surface area (Å²) in [5, 5.41) is 2.96. The topological polar surface area (TPSA) is 64.0 Å². The van der Waals surface area contributed by atoms with Gasteiger partial charge in [-0.15, -0.1) is 0 Å². The van der Waals surface area contributed by atoms with Crippen molar-refractivity contribution in [3.8, 4) is 0 Å². The van der Waals surface area contributed by atoms with Crippen LogP contribution in [0.4, 0.5) is 14.5 Å². The van der Waals surface area contributed by atoms with Gasteiger partial charge in [-0.2, -0.15) is 0 Å². The average Bonchev–Trinajstić information content (AvgIpc) is 2.86. The molecule has 1 aliphatic heterocycles. The Balaban J connectivity index is 1.73. The third kappa shape index (κ3) is 2.87. The number of benzene rings is 1. The van der Waals surface area contributed by atoms with Crippen LogP contribution in [0.15, 0.2) is 40.4 Å². The summed E-state index contributed by atoms with van der Waals surface area (Å²) in [7, 11) is 0. The number of fused-ring (bicyclic) bond motifs is 1. The van der Waals surface area contributed by atoms with E-state index in [1.165, 1.54) is 28.6 Å². The second-order valence-electron chi connectivity index (χ2n) is 4.78. The molecule has 0 saturated heterocycles. The minimum atomic E-state index is -0.839. The highest BCUT2D eigenvalue weighted by molar-refractivity contribution is 7.99. The molecule has 0 saturated carbocycles. The van der Waals surface area contributed by atoms with Gasteiger partial charge in [0, 0.05) is 30.5 Å². The minimum Gasteiger partial charge on any atom is -0.324 e. The highest BCUT2D eigenvalue weighted by Gasteiger charge is 2.26. The lowest BCUT2D eigenvalue weighted by atomic mass is 10.2. The van der Waals surface area contributed by atoms with Crippen LogP contribution >= 0.6 is 11.8 Å². The predicted octanol–water partition coefficient (Wildman–Crippen LogP) is 2.20. The van der Waals surface area contributed by atoms with E-state index in [2.05, 4.69) is 10.3 Å². The quantitative estimate of drug-likeness (QED) is 0.880. The van der Waals surface area contributed by atoms with E-state index >= 15 is 0 Å². The first-order chi connectivity index (χ1) is 10.5. The molecule has 2 aromatic rings. The van der Waals surface area contributed by atoms with E-state index in [1.807, 2.05) is 0 Å². The van der Waals surface area contributed by atoms with E-state index in [0.717, 1.165) is 12.1 Å². The maximum Gasteiger partial charge on any atom is 0.254 e. The zero-order valence-corrected chi connectivity index (χ0v) is 12.1. The molecule has 22 heavy (non-hydrogen) atoms. The molecule has 1 N–H and O–H groups in total. The fraction of sp³-hybridized carbons (Fsp3) is 0.214. The van der Waals surface area contributed by atoms with Crippen LogP contribution < -0.4 is 10.9 Å².